The quantitative estimate of drug-likeness (QED) is 0.471. The Bertz CT molecular complexity index is 838. The molecule has 1 heterocycles. The van der Waals surface area contributed by atoms with Crippen molar-refractivity contribution in [3.63, 3.8) is 0 Å². The highest BCUT2D eigenvalue weighted by Gasteiger charge is 2.38. The molecule has 1 aromatic rings. The highest BCUT2D eigenvalue weighted by molar-refractivity contribution is 5.99. The monoisotopic (exact) mass is 360 g/mol. The number of carbonyl (C=O) groups excluding carboxylic acids is 1. The molecule has 0 amide bonds. The second-order valence-electron chi connectivity index (χ2n) is 6.25. The SMILES string of the molecule is CC1=C(C(=O)O)[C@@H](c2cccc([N+](=O)[O-])c2)C(C(=O)OC(C)C)=C(C)N1. The van der Waals surface area contributed by atoms with Gasteiger partial charge < -0.3 is 15.2 Å². The van der Waals surface area contributed by atoms with Crippen LogP contribution >= 0.6 is 0 Å². The topological polar surface area (TPSA) is 119 Å². The number of carboxylic acids is 1. The average molecular weight is 360 g/mol. The zero-order valence-corrected chi connectivity index (χ0v) is 14.9. The number of nitrogens with one attached hydrogen (secondary N) is 1. The fourth-order valence-corrected chi connectivity index (χ4v) is 2.98. The first-order chi connectivity index (χ1) is 12.1. The Balaban J connectivity index is 2.68. The Kier molecular flexibility index (Phi) is 5.44. The molecule has 138 valence electrons. The van der Waals surface area contributed by atoms with E-state index in [1.165, 1.54) is 18.2 Å². The molecule has 0 bridgehead atoms. The first-order valence-electron chi connectivity index (χ1n) is 8.00. The fourth-order valence-electron chi connectivity index (χ4n) is 2.98. The summed E-state index contributed by atoms with van der Waals surface area (Å²) in [6, 6.07) is 5.62. The predicted octanol–water partition coefficient (Wildman–Crippen LogP) is 2.87. The summed E-state index contributed by atoms with van der Waals surface area (Å²) in [6.07, 6.45) is -0.395. The van der Waals surface area contributed by atoms with Crippen molar-refractivity contribution in [3.05, 3.63) is 62.5 Å². The van der Waals surface area contributed by atoms with Gasteiger partial charge in [0, 0.05) is 23.5 Å². The van der Waals surface area contributed by atoms with Crippen LogP contribution in [0.4, 0.5) is 5.69 Å². The number of rotatable bonds is 5. The van der Waals surface area contributed by atoms with E-state index in [0.717, 1.165) is 0 Å². The lowest BCUT2D eigenvalue weighted by Crippen LogP contribution is -2.32. The molecular formula is C18H20N2O6. The molecule has 0 aliphatic carbocycles. The van der Waals surface area contributed by atoms with Gasteiger partial charge in [0.2, 0.25) is 0 Å². The zero-order valence-electron chi connectivity index (χ0n) is 14.9. The van der Waals surface area contributed by atoms with E-state index in [2.05, 4.69) is 5.32 Å². The van der Waals surface area contributed by atoms with Gasteiger partial charge in [0.25, 0.3) is 5.69 Å². The van der Waals surface area contributed by atoms with Gasteiger partial charge >= 0.3 is 11.9 Å². The number of non-ortho nitro benzene ring substituents is 1. The number of aliphatic carboxylic acids is 1. The third-order valence-corrected chi connectivity index (χ3v) is 3.97. The molecule has 1 aliphatic rings. The fraction of sp³-hybridized carbons (Fsp3) is 0.333. The van der Waals surface area contributed by atoms with E-state index in [4.69, 9.17) is 4.74 Å². The Morgan fingerprint density at radius 1 is 1.23 bits per heavy atom. The third-order valence-electron chi connectivity index (χ3n) is 3.97. The zero-order chi connectivity index (χ0) is 19.6. The van der Waals surface area contributed by atoms with Crippen molar-refractivity contribution < 1.29 is 24.4 Å². The number of benzene rings is 1. The maximum absolute atomic E-state index is 12.6. The number of ether oxygens (including phenoxy) is 1. The number of carbonyl (C=O) groups is 2. The maximum Gasteiger partial charge on any atom is 0.337 e. The molecule has 1 atom stereocenters. The molecule has 0 unspecified atom stereocenters. The molecule has 0 saturated heterocycles. The Labute approximate surface area is 150 Å². The van der Waals surface area contributed by atoms with E-state index in [1.807, 2.05) is 0 Å². The largest absolute Gasteiger partial charge is 0.478 e. The van der Waals surface area contributed by atoms with Crippen LogP contribution in [0.15, 0.2) is 46.8 Å². The molecule has 0 saturated carbocycles. The van der Waals surface area contributed by atoms with Crippen molar-refractivity contribution in [2.75, 3.05) is 0 Å². The van der Waals surface area contributed by atoms with E-state index in [9.17, 15) is 24.8 Å². The number of hydrogen-bond acceptors (Lipinski definition) is 6. The molecular weight excluding hydrogens is 340 g/mol. The van der Waals surface area contributed by atoms with Crippen molar-refractivity contribution in [2.24, 2.45) is 0 Å². The summed E-state index contributed by atoms with van der Waals surface area (Å²) in [7, 11) is 0. The lowest BCUT2D eigenvalue weighted by atomic mass is 9.80. The summed E-state index contributed by atoms with van der Waals surface area (Å²) in [6.45, 7) is 6.60. The van der Waals surface area contributed by atoms with Crippen molar-refractivity contribution in [1.82, 2.24) is 5.32 Å². The highest BCUT2D eigenvalue weighted by atomic mass is 16.6. The third kappa shape index (κ3) is 3.74. The number of hydrogen-bond donors (Lipinski definition) is 2. The lowest BCUT2D eigenvalue weighted by molar-refractivity contribution is -0.384. The average Bonchev–Trinajstić information content (AvgIpc) is 2.52. The molecule has 0 spiro atoms. The molecule has 2 rings (SSSR count). The van der Waals surface area contributed by atoms with Crippen LogP contribution in [-0.4, -0.2) is 28.1 Å². The first-order valence-corrected chi connectivity index (χ1v) is 8.00. The smallest absolute Gasteiger partial charge is 0.337 e. The standard InChI is InChI=1S/C18H20N2O6/c1-9(2)26-18(23)15-11(4)19-10(3)14(17(21)22)16(15)12-6-5-7-13(8-12)20(24)25/h5-9,16,19H,1-4H3,(H,21,22)/t16-/m1/s1. The number of dihydropyridines is 1. The van der Waals surface area contributed by atoms with Gasteiger partial charge in [0.05, 0.1) is 28.1 Å². The van der Waals surface area contributed by atoms with E-state index < -0.39 is 28.9 Å². The molecule has 8 nitrogen and oxygen atoms in total. The minimum atomic E-state index is -1.21. The first kappa shape index (κ1) is 19.2. The van der Waals surface area contributed by atoms with Crippen LogP contribution in [0, 0.1) is 10.1 Å². The Hall–Kier alpha value is -3.16. The summed E-state index contributed by atoms with van der Waals surface area (Å²) >= 11 is 0. The summed E-state index contributed by atoms with van der Waals surface area (Å²) in [5, 5.41) is 23.7. The Morgan fingerprint density at radius 3 is 2.38 bits per heavy atom. The second-order valence-corrected chi connectivity index (χ2v) is 6.25. The van der Waals surface area contributed by atoms with Gasteiger partial charge in [-0.1, -0.05) is 12.1 Å². The van der Waals surface area contributed by atoms with E-state index in [-0.39, 0.29) is 16.8 Å². The summed E-state index contributed by atoms with van der Waals surface area (Å²) in [5.74, 6) is -2.85. The predicted molar refractivity (Wildman–Crippen MR) is 93.2 cm³/mol. The second kappa shape index (κ2) is 7.38. The maximum atomic E-state index is 12.6. The van der Waals surface area contributed by atoms with Crippen LogP contribution in [0.25, 0.3) is 0 Å². The molecule has 0 radical (unpaired) electrons. The minimum absolute atomic E-state index is 0.0493. The lowest BCUT2D eigenvalue weighted by Gasteiger charge is -2.30. The van der Waals surface area contributed by atoms with Gasteiger partial charge in [0.15, 0.2) is 0 Å². The molecule has 8 heteroatoms. The number of nitrogens with zero attached hydrogens (tertiary/aromatic N) is 1. The van der Waals surface area contributed by atoms with E-state index >= 15 is 0 Å². The number of nitro benzene ring substituents is 1. The van der Waals surface area contributed by atoms with Crippen LogP contribution in [-0.2, 0) is 14.3 Å². The number of allylic oxidation sites excluding steroid dienone is 2. The molecule has 1 aliphatic heterocycles. The van der Waals surface area contributed by atoms with Crippen molar-refractivity contribution in [1.29, 1.82) is 0 Å². The van der Waals surface area contributed by atoms with Gasteiger partial charge in [-0.15, -0.1) is 0 Å². The van der Waals surface area contributed by atoms with E-state index in [1.54, 1.807) is 33.8 Å². The van der Waals surface area contributed by atoms with Gasteiger partial charge in [-0.25, -0.2) is 9.59 Å². The van der Waals surface area contributed by atoms with Crippen LogP contribution in [0.5, 0.6) is 0 Å². The van der Waals surface area contributed by atoms with Gasteiger partial charge in [-0.3, -0.25) is 10.1 Å². The number of nitro groups is 1. The summed E-state index contributed by atoms with van der Waals surface area (Å²) in [4.78, 5) is 35.0. The van der Waals surface area contributed by atoms with Gasteiger partial charge in [0.1, 0.15) is 0 Å². The highest BCUT2D eigenvalue weighted by Crippen LogP contribution is 2.39. The van der Waals surface area contributed by atoms with E-state index in [0.29, 0.717) is 17.0 Å². The normalized spacial score (nSPS) is 17.2. The molecule has 0 aromatic heterocycles. The minimum Gasteiger partial charge on any atom is -0.478 e. The van der Waals surface area contributed by atoms with Crippen LogP contribution in [0.1, 0.15) is 39.2 Å². The Morgan fingerprint density at radius 2 is 1.85 bits per heavy atom. The molecule has 1 aromatic carbocycles. The van der Waals surface area contributed by atoms with Crippen molar-refractivity contribution >= 4 is 17.6 Å². The molecule has 2 N–H and O–H groups in total. The number of esters is 1. The summed E-state index contributed by atoms with van der Waals surface area (Å²) in [5.41, 5.74) is 1.06. The van der Waals surface area contributed by atoms with Crippen molar-refractivity contribution in [2.45, 2.75) is 39.7 Å². The molecule has 0 fully saturated rings. The van der Waals surface area contributed by atoms with Crippen LogP contribution < -0.4 is 5.32 Å². The molecule has 26 heavy (non-hydrogen) atoms. The summed E-state index contributed by atoms with van der Waals surface area (Å²) < 4.78 is 5.27. The number of carboxylic acid groups (broad SMARTS) is 1. The van der Waals surface area contributed by atoms with Gasteiger partial charge in [-0.2, -0.15) is 0 Å². The van der Waals surface area contributed by atoms with Crippen LogP contribution in [0.3, 0.4) is 0 Å². The van der Waals surface area contributed by atoms with Crippen molar-refractivity contribution in [3.8, 4) is 0 Å². The van der Waals surface area contributed by atoms with Gasteiger partial charge in [-0.05, 0) is 33.3 Å². The van der Waals surface area contributed by atoms with Crippen LogP contribution in [0.2, 0.25) is 0 Å².